The molecule has 0 saturated heterocycles. The third kappa shape index (κ3) is 7.22. The van der Waals surface area contributed by atoms with Gasteiger partial charge in [-0.15, -0.1) is 19.7 Å². The molecule has 0 aliphatic heterocycles. The molecule has 27 heavy (non-hydrogen) atoms. The molecule has 0 spiro atoms. The van der Waals surface area contributed by atoms with Crippen LogP contribution >= 0.6 is 0 Å². The molecule has 1 saturated carbocycles. The molecule has 1 aliphatic rings. The van der Waals surface area contributed by atoms with Gasteiger partial charge in [0.15, 0.2) is 0 Å². The van der Waals surface area contributed by atoms with E-state index in [1.54, 1.807) is 6.07 Å². The highest BCUT2D eigenvalue weighted by Crippen LogP contribution is 2.36. The summed E-state index contributed by atoms with van der Waals surface area (Å²) < 4.78 is 13.6. The van der Waals surface area contributed by atoms with Gasteiger partial charge in [-0.25, -0.2) is 4.39 Å². The molecule has 1 atom stereocenters. The highest BCUT2D eigenvalue weighted by Gasteiger charge is 2.20. The van der Waals surface area contributed by atoms with Crippen LogP contribution in [0, 0.1) is 32.5 Å². The summed E-state index contributed by atoms with van der Waals surface area (Å²) in [6.07, 6.45) is 5.76. The molecule has 1 unspecified atom stereocenters. The zero-order valence-corrected chi connectivity index (χ0v) is 16.9. The molecule has 1 fully saturated rings. The van der Waals surface area contributed by atoms with Crippen LogP contribution in [0.3, 0.4) is 0 Å². The van der Waals surface area contributed by atoms with Crippen LogP contribution in [0.4, 0.5) is 4.39 Å². The average molecular weight is 363 g/mol. The van der Waals surface area contributed by atoms with Gasteiger partial charge in [0.2, 0.25) is 0 Å². The first-order valence-corrected chi connectivity index (χ1v) is 9.19. The fourth-order valence-corrected chi connectivity index (χ4v) is 2.87. The average Bonchev–Trinajstić information content (AvgIpc) is 3.03. The lowest BCUT2D eigenvalue weighted by atomic mass is 10.0. The minimum absolute atomic E-state index is 0.169. The predicted octanol–water partition coefficient (Wildman–Crippen LogP) is 7.78. The molecule has 3 rings (SSSR count). The van der Waals surface area contributed by atoms with Crippen molar-refractivity contribution in [1.82, 2.24) is 0 Å². The van der Waals surface area contributed by atoms with E-state index in [9.17, 15) is 4.39 Å². The first-order chi connectivity index (χ1) is 12.9. The summed E-state index contributed by atoms with van der Waals surface area (Å²) in [5.41, 5.74) is 6.65. The number of allylic oxidation sites excluding steroid dienone is 3. The fourth-order valence-electron chi connectivity index (χ4n) is 2.87. The van der Waals surface area contributed by atoms with E-state index in [4.69, 9.17) is 0 Å². The zero-order chi connectivity index (χ0) is 20.4. The van der Waals surface area contributed by atoms with Gasteiger partial charge in [-0.1, -0.05) is 65.3 Å². The first kappa shape index (κ1) is 22.4. The third-order valence-corrected chi connectivity index (χ3v) is 4.48. The van der Waals surface area contributed by atoms with Gasteiger partial charge >= 0.3 is 0 Å². The Bertz CT molecular complexity index is 772. The Morgan fingerprint density at radius 1 is 0.889 bits per heavy atom. The monoisotopic (exact) mass is 362 g/mol. The summed E-state index contributed by atoms with van der Waals surface area (Å²) in [4.78, 5) is 0. The minimum Gasteiger partial charge on any atom is -0.206 e. The van der Waals surface area contributed by atoms with E-state index >= 15 is 0 Å². The van der Waals surface area contributed by atoms with Gasteiger partial charge < -0.3 is 0 Å². The summed E-state index contributed by atoms with van der Waals surface area (Å²) in [6, 6.07) is 13.7. The van der Waals surface area contributed by atoms with Gasteiger partial charge in [0, 0.05) is 5.56 Å². The summed E-state index contributed by atoms with van der Waals surface area (Å²) >= 11 is 0. The van der Waals surface area contributed by atoms with Crippen molar-refractivity contribution in [3.8, 4) is 0 Å². The zero-order valence-electron chi connectivity index (χ0n) is 16.9. The van der Waals surface area contributed by atoms with Gasteiger partial charge in [0.25, 0.3) is 0 Å². The number of hydrogen-bond acceptors (Lipinski definition) is 0. The SMILES string of the molecule is C=C.C=CC1CC(=C)/C(=C/c2cc(C)ccc2F)C1.Cc1ccc(C)cc1. The highest BCUT2D eigenvalue weighted by atomic mass is 19.1. The van der Waals surface area contributed by atoms with Crippen LogP contribution in [0.2, 0.25) is 0 Å². The van der Waals surface area contributed by atoms with Crippen molar-refractivity contribution in [1.29, 1.82) is 0 Å². The Morgan fingerprint density at radius 2 is 1.41 bits per heavy atom. The van der Waals surface area contributed by atoms with E-state index in [0.29, 0.717) is 11.5 Å². The second-order valence-corrected chi connectivity index (χ2v) is 6.86. The van der Waals surface area contributed by atoms with Crippen molar-refractivity contribution in [2.45, 2.75) is 33.6 Å². The Balaban J connectivity index is 0.000000305. The van der Waals surface area contributed by atoms with E-state index in [1.807, 2.05) is 25.1 Å². The van der Waals surface area contributed by atoms with Crippen LogP contribution in [-0.4, -0.2) is 0 Å². The lowest BCUT2D eigenvalue weighted by molar-refractivity contribution is 0.624. The summed E-state index contributed by atoms with van der Waals surface area (Å²) in [7, 11) is 0. The van der Waals surface area contributed by atoms with E-state index in [-0.39, 0.29) is 5.82 Å². The van der Waals surface area contributed by atoms with Gasteiger partial charge in [-0.2, -0.15) is 0 Å². The lowest BCUT2D eigenvalue weighted by Crippen LogP contribution is -1.86. The Morgan fingerprint density at radius 3 is 1.89 bits per heavy atom. The number of aryl methyl sites for hydroxylation is 3. The molecule has 0 radical (unpaired) electrons. The molecule has 0 amide bonds. The maximum atomic E-state index is 13.6. The third-order valence-electron chi connectivity index (χ3n) is 4.48. The van der Waals surface area contributed by atoms with Crippen LogP contribution in [0.5, 0.6) is 0 Å². The van der Waals surface area contributed by atoms with Crippen molar-refractivity contribution in [2.75, 3.05) is 0 Å². The van der Waals surface area contributed by atoms with Gasteiger partial charge in [-0.05, 0) is 63.3 Å². The van der Waals surface area contributed by atoms with E-state index in [2.05, 4.69) is 64.4 Å². The van der Waals surface area contributed by atoms with Crippen molar-refractivity contribution in [3.05, 3.63) is 114 Å². The predicted molar refractivity (Wildman–Crippen MR) is 118 cm³/mol. The summed E-state index contributed by atoms with van der Waals surface area (Å²) in [5.74, 6) is 0.291. The fraction of sp³-hybridized carbons (Fsp3) is 0.231. The molecule has 2 aromatic carbocycles. The first-order valence-electron chi connectivity index (χ1n) is 9.19. The highest BCUT2D eigenvalue weighted by molar-refractivity contribution is 5.60. The summed E-state index contributed by atoms with van der Waals surface area (Å²) in [5, 5.41) is 0. The van der Waals surface area contributed by atoms with Crippen molar-refractivity contribution < 1.29 is 4.39 Å². The Kier molecular flexibility index (Phi) is 9.22. The van der Waals surface area contributed by atoms with Crippen LogP contribution in [0.25, 0.3) is 6.08 Å². The quantitative estimate of drug-likeness (QED) is 0.479. The molecular weight excluding hydrogens is 331 g/mol. The van der Waals surface area contributed by atoms with Gasteiger partial charge in [0.05, 0.1) is 0 Å². The molecule has 0 bridgehead atoms. The number of rotatable bonds is 2. The molecular formula is C26H31F. The summed E-state index contributed by atoms with van der Waals surface area (Å²) in [6.45, 7) is 20.0. The molecule has 2 aromatic rings. The second-order valence-electron chi connectivity index (χ2n) is 6.86. The minimum atomic E-state index is -0.169. The Labute approximate surface area is 164 Å². The molecule has 0 N–H and O–H groups in total. The van der Waals surface area contributed by atoms with Crippen LogP contribution in [0.1, 0.15) is 35.1 Å². The molecule has 1 aliphatic carbocycles. The number of benzene rings is 2. The number of halogens is 1. The van der Waals surface area contributed by atoms with Crippen LogP contribution in [-0.2, 0) is 0 Å². The maximum absolute atomic E-state index is 13.6. The van der Waals surface area contributed by atoms with Gasteiger partial charge in [0.1, 0.15) is 5.82 Å². The van der Waals surface area contributed by atoms with Crippen molar-refractivity contribution in [3.63, 3.8) is 0 Å². The largest absolute Gasteiger partial charge is 0.206 e. The topological polar surface area (TPSA) is 0 Å². The molecule has 142 valence electrons. The van der Waals surface area contributed by atoms with Crippen molar-refractivity contribution in [2.24, 2.45) is 5.92 Å². The standard InChI is InChI=1S/C16H17F.C8H10.C2H4/c1-4-13-8-12(3)14(9-13)10-15-7-11(2)5-6-16(15)17;1-7-3-5-8(2)6-4-7;1-2/h4-7,10,13H,1,3,8-9H2,2H3;3-6H,1-2H3;1-2H2/b14-10+;;. The van der Waals surface area contributed by atoms with Crippen LogP contribution < -0.4 is 0 Å². The molecule has 0 aromatic heterocycles. The second kappa shape index (κ2) is 11.1. The maximum Gasteiger partial charge on any atom is 0.130 e. The van der Waals surface area contributed by atoms with E-state index in [1.165, 1.54) is 17.2 Å². The lowest BCUT2D eigenvalue weighted by Gasteiger charge is -2.02. The van der Waals surface area contributed by atoms with E-state index < -0.39 is 0 Å². The molecule has 0 heterocycles. The van der Waals surface area contributed by atoms with Gasteiger partial charge in [-0.3, -0.25) is 0 Å². The Hall–Kier alpha value is -2.67. The smallest absolute Gasteiger partial charge is 0.130 e. The van der Waals surface area contributed by atoms with Crippen molar-refractivity contribution >= 4 is 6.08 Å². The number of hydrogen-bond donors (Lipinski definition) is 0. The normalized spacial score (nSPS) is 16.8. The molecule has 0 nitrogen and oxygen atoms in total. The van der Waals surface area contributed by atoms with E-state index in [0.717, 1.165) is 29.6 Å². The van der Waals surface area contributed by atoms with Crippen LogP contribution in [0.15, 0.2) is 86.0 Å². The molecule has 1 heteroatoms.